The van der Waals surface area contributed by atoms with Gasteiger partial charge in [0.25, 0.3) is 0 Å². The molecule has 2 aliphatic rings. The van der Waals surface area contributed by atoms with E-state index in [9.17, 15) is 18.3 Å². The van der Waals surface area contributed by atoms with Crippen molar-refractivity contribution >= 4 is 16.2 Å². The van der Waals surface area contributed by atoms with Crippen LogP contribution in [0.3, 0.4) is 0 Å². The molecule has 0 bridgehead atoms. The smallest absolute Gasteiger partial charge is 0.440 e. The molecule has 3 atom stereocenters. The summed E-state index contributed by atoms with van der Waals surface area (Å²) in [6.45, 7) is 4.31. The summed E-state index contributed by atoms with van der Waals surface area (Å²) in [6.07, 6.45) is 2.85. The molecule has 11 heteroatoms. The van der Waals surface area contributed by atoms with Crippen LogP contribution in [0.1, 0.15) is 44.2 Å². The standard InChI is InChI=1S/C30H38N2O8S/c1-3-7-25(18-23-10-12-26(13-11-23)38-21-24-8-5-4-6-9-24)30-19-27(14-15-28(30)37-16-17-39-30)41(35,36)40-29(34)32(31)20-22(2)33/h4-6,8-15,22,25,33H,3,7,16-21,31H2,1-2H3/t22-,25+,30?/m1/s1. The summed E-state index contributed by atoms with van der Waals surface area (Å²) >= 11 is 0. The van der Waals surface area contributed by atoms with Gasteiger partial charge < -0.3 is 23.5 Å². The predicted octanol–water partition coefficient (Wildman–Crippen LogP) is 4.20. The van der Waals surface area contributed by atoms with Gasteiger partial charge in [-0.05, 0) is 61.1 Å². The van der Waals surface area contributed by atoms with Crippen LogP contribution in [0.5, 0.6) is 5.75 Å². The molecule has 0 spiro atoms. The normalized spacial score (nSPS) is 20.0. The molecule has 2 aromatic rings. The molecule has 1 heterocycles. The lowest BCUT2D eigenvalue weighted by atomic mass is 9.74. The summed E-state index contributed by atoms with van der Waals surface area (Å²) in [5, 5.41) is 9.99. The second kappa shape index (κ2) is 13.5. The minimum Gasteiger partial charge on any atom is -0.492 e. The molecule has 1 saturated heterocycles. The van der Waals surface area contributed by atoms with Crippen molar-refractivity contribution in [2.45, 2.75) is 57.8 Å². The van der Waals surface area contributed by atoms with Gasteiger partial charge in [-0.3, -0.25) is 0 Å². The Balaban J connectivity index is 1.51. The van der Waals surface area contributed by atoms with Crippen molar-refractivity contribution < 1.29 is 36.7 Å². The Morgan fingerprint density at radius 3 is 2.51 bits per heavy atom. The number of aliphatic hydroxyl groups excluding tert-OH is 1. The molecule has 2 aromatic carbocycles. The number of hydrazine groups is 1. The second-order valence-corrected chi connectivity index (χ2v) is 11.9. The van der Waals surface area contributed by atoms with Gasteiger partial charge in [0.1, 0.15) is 30.3 Å². The maximum atomic E-state index is 13.1. The summed E-state index contributed by atoms with van der Waals surface area (Å²) < 4.78 is 49.4. The van der Waals surface area contributed by atoms with Crippen LogP contribution in [0.4, 0.5) is 4.79 Å². The first kappa shape index (κ1) is 30.6. The molecular weight excluding hydrogens is 548 g/mol. The van der Waals surface area contributed by atoms with E-state index < -0.39 is 27.9 Å². The lowest BCUT2D eigenvalue weighted by Gasteiger charge is -2.46. The number of nitrogens with zero attached hydrogens (tertiary/aromatic N) is 1. The molecule has 41 heavy (non-hydrogen) atoms. The van der Waals surface area contributed by atoms with Crippen molar-refractivity contribution in [1.82, 2.24) is 5.01 Å². The van der Waals surface area contributed by atoms with Crippen LogP contribution in [0, 0.1) is 5.92 Å². The molecule has 1 aliphatic carbocycles. The lowest BCUT2D eigenvalue weighted by molar-refractivity contribution is -0.143. The maximum Gasteiger partial charge on any atom is 0.440 e. The summed E-state index contributed by atoms with van der Waals surface area (Å²) in [7, 11) is -4.50. The number of aliphatic hydroxyl groups is 1. The Bertz CT molecular complexity index is 1340. The van der Waals surface area contributed by atoms with E-state index in [0.717, 1.165) is 29.7 Å². The number of allylic oxidation sites excluding steroid dienone is 2. The molecular formula is C30H38N2O8S. The summed E-state index contributed by atoms with van der Waals surface area (Å²) in [4.78, 5) is 12.2. The molecule has 1 amide bonds. The molecule has 0 saturated carbocycles. The fourth-order valence-corrected chi connectivity index (χ4v) is 6.18. The minimum absolute atomic E-state index is 0.0572. The van der Waals surface area contributed by atoms with E-state index in [0.29, 0.717) is 37.0 Å². The van der Waals surface area contributed by atoms with E-state index in [4.69, 9.17) is 24.2 Å². The number of carbonyl (C=O) groups excluding carboxylic acids is 1. The van der Waals surface area contributed by atoms with E-state index in [1.54, 1.807) is 6.08 Å². The Hall–Kier alpha value is -3.38. The van der Waals surface area contributed by atoms with Gasteiger partial charge in [0.15, 0.2) is 0 Å². The number of ether oxygens (including phenoxy) is 3. The van der Waals surface area contributed by atoms with Crippen LogP contribution in [0.15, 0.2) is 77.4 Å². The Morgan fingerprint density at radius 1 is 1.10 bits per heavy atom. The summed E-state index contributed by atoms with van der Waals surface area (Å²) in [6, 6.07) is 17.8. The van der Waals surface area contributed by atoms with Gasteiger partial charge >= 0.3 is 16.2 Å². The van der Waals surface area contributed by atoms with E-state index >= 15 is 0 Å². The average Bonchev–Trinajstić information content (AvgIpc) is 2.96. The minimum atomic E-state index is -4.50. The van der Waals surface area contributed by atoms with E-state index in [1.165, 1.54) is 13.0 Å². The molecule has 0 aromatic heterocycles. The van der Waals surface area contributed by atoms with Crippen LogP contribution in [0.25, 0.3) is 0 Å². The number of amides is 1. The SMILES string of the molecule is CCC[C@@H](Cc1ccc(OCc2ccccc2)cc1)C12CC(S(=O)(=O)OC(=O)N(N)C[C@@H](C)O)=CC=C1OCCO2. The third kappa shape index (κ3) is 7.68. The summed E-state index contributed by atoms with van der Waals surface area (Å²) in [5.74, 6) is 6.75. The number of fused-ring (bicyclic) bond motifs is 1. The third-order valence-electron chi connectivity index (χ3n) is 7.12. The monoisotopic (exact) mass is 586 g/mol. The molecule has 10 nitrogen and oxygen atoms in total. The van der Waals surface area contributed by atoms with Crippen LogP contribution < -0.4 is 10.6 Å². The van der Waals surface area contributed by atoms with Crippen molar-refractivity contribution in [2.75, 3.05) is 19.8 Å². The molecule has 3 N–H and O–H groups in total. The fourth-order valence-electron chi connectivity index (χ4n) is 5.17. The van der Waals surface area contributed by atoms with Crippen molar-refractivity contribution in [3.63, 3.8) is 0 Å². The van der Waals surface area contributed by atoms with Crippen LogP contribution >= 0.6 is 0 Å². The van der Waals surface area contributed by atoms with Gasteiger partial charge in [0, 0.05) is 6.42 Å². The molecule has 4 rings (SSSR count). The van der Waals surface area contributed by atoms with Crippen LogP contribution in [0.2, 0.25) is 0 Å². The first-order valence-electron chi connectivity index (χ1n) is 13.8. The summed E-state index contributed by atoms with van der Waals surface area (Å²) in [5.41, 5.74) is 1.07. The molecule has 1 aliphatic heterocycles. The van der Waals surface area contributed by atoms with Gasteiger partial charge in [-0.15, -0.1) is 0 Å². The van der Waals surface area contributed by atoms with Crippen molar-refractivity contribution in [3.05, 3.63) is 88.5 Å². The molecule has 1 unspecified atom stereocenters. The lowest BCUT2D eigenvalue weighted by Crippen LogP contribution is -2.50. The Morgan fingerprint density at radius 2 is 1.83 bits per heavy atom. The average molecular weight is 587 g/mol. The van der Waals surface area contributed by atoms with Gasteiger partial charge in [0.2, 0.25) is 0 Å². The Labute approximate surface area is 241 Å². The van der Waals surface area contributed by atoms with Gasteiger partial charge in [0.05, 0.1) is 24.2 Å². The van der Waals surface area contributed by atoms with E-state index in [-0.39, 0.29) is 23.8 Å². The first-order chi connectivity index (χ1) is 19.6. The van der Waals surface area contributed by atoms with E-state index in [2.05, 4.69) is 6.92 Å². The first-order valence-corrected chi connectivity index (χ1v) is 15.2. The number of hydrogen-bond donors (Lipinski definition) is 2. The zero-order valence-corrected chi connectivity index (χ0v) is 24.2. The highest BCUT2D eigenvalue weighted by Crippen LogP contribution is 2.46. The van der Waals surface area contributed by atoms with Crippen LogP contribution in [-0.2, 0) is 36.8 Å². The number of rotatable bonds is 12. The number of hydrogen-bond acceptors (Lipinski definition) is 9. The number of carbonyl (C=O) groups is 1. The van der Waals surface area contributed by atoms with Crippen molar-refractivity contribution in [3.8, 4) is 5.75 Å². The van der Waals surface area contributed by atoms with Gasteiger partial charge in [-0.2, -0.15) is 8.42 Å². The highest BCUT2D eigenvalue weighted by molar-refractivity contribution is 7.91. The zero-order chi connectivity index (χ0) is 29.5. The quantitative estimate of drug-likeness (QED) is 0.162. The molecule has 1 fully saturated rings. The fraction of sp³-hybridized carbons (Fsp3) is 0.433. The predicted molar refractivity (Wildman–Crippen MR) is 153 cm³/mol. The zero-order valence-electron chi connectivity index (χ0n) is 23.4. The second-order valence-electron chi connectivity index (χ2n) is 10.3. The van der Waals surface area contributed by atoms with Gasteiger partial charge in [-0.25, -0.2) is 15.6 Å². The highest BCUT2D eigenvalue weighted by Gasteiger charge is 2.50. The molecule has 0 radical (unpaired) electrons. The largest absolute Gasteiger partial charge is 0.492 e. The Kier molecular flexibility index (Phi) is 10.1. The highest BCUT2D eigenvalue weighted by atomic mass is 32.2. The topological polar surface area (TPSA) is 138 Å². The third-order valence-corrected chi connectivity index (χ3v) is 8.41. The van der Waals surface area contributed by atoms with Crippen LogP contribution in [-0.4, -0.2) is 56.1 Å². The van der Waals surface area contributed by atoms with Crippen molar-refractivity contribution in [2.24, 2.45) is 11.8 Å². The number of benzene rings is 2. The molecule has 222 valence electrons. The number of nitrogens with two attached hydrogens (primary N) is 1. The van der Waals surface area contributed by atoms with E-state index in [1.807, 2.05) is 54.6 Å². The van der Waals surface area contributed by atoms with Gasteiger partial charge in [-0.1, -0.05) is 55.8 Å². The van der Waals surface area contributed by atoms with Crippen molar-refractivity contribution in [1.29, 1.82) is 0 Å². The maximum absolute atomic E-state index is 13.1.